The van der Waals surface area contributed by atoms with E-state index in [0.717, 1.165) is 5.56 Å². The summed E-state index contributed by atoms with van der Waals surface area (Å²) >= 11 is 0. The number of nitrogens with zero attached hydrogens (tertiary/aromatic N) is 2. The van der Waals surface area contributed by atoms with E-state index in [4.69, 9.17) is 0 Å². The molecule has 0 radical (unpaired) electrons. The molecule has 78 valence electrons. The Morgan fingerprint density at radius 1 is 1.53 bits per heavy atom. The average Bonchev–Trinajstić information content (AvgIpc) is 2.66. The second kappa shape index (κ2) is 3.61. The van der Waals surface area contributed by atoms with Crippen LogP contribution in [0.2, 0.25) is 0 Å². The maximum atomic E-state index is 11.7. The standard InChI is InChI=1S/C10H12N4O/c1-7-5-8(10(15)14(2)6-7)12-9-3-4-11-13-9/h3-6H,1-2H3,(H2,11,12,13). The first kappa shape index (κ1) is 9.51. The summed E-state index contributed by atoms with van der Waals surface area (Å²) in [6, 6.07) is 3.57. The minimum atomic E-state index is -0.0661. The van der Waals surface area contributed by atoms with Crippen molar-refractivity contribution in [3.63, 3.8) is 0 Å². The summed E-state index contributed by atoms with van der Waals surface area (Å²) in [5, 5.41) is 9.56. The van der Waals surface area contributed by atoms with Crippen LogP contribution >= 0.6 is 0 Å². The molecule has 0 unspecified atom stereocenters. The van der Waals surface area contributed by atoms with E-state index in [9.17, 15) is 4.79 Å². The fraction of sp³-hybridized carbons (Fsp3) is 0.200. The molecule has 2 rings (SSSR count). The van der Waals surface area contributed by atoms with Gasteiger partial charge in [0, 0.05) is 25.5 Å². The number of H-pyrrole nitrogens is 1. The molecule has 5 nitrogen and oxygen atoms in total. The lowest BCUT2D eigenvalue weighted by Gasteiger charge is -2.05. The molecule has 15 heavy (non-hydrogen) atoms. The number of rotatable bonds is 2. The summed E-state index contributed by atoms with van der Waals surface area (Å²) in [4.78, 5) is 11.7. The van der Waals surface area contributed by atoms with E-state index >= 15 is 0 Å². The lowest BCUT2D eigenvalue weighted by molar-refractivity contribution is 0.854. The highest BCUT2D eigenvalue weighted by Gasteiger charge is 2.03. The van der Waals surface area contributed by atoms with Crippen LogP contribution in [-0.4, -0.2) is 14.8 Å². The van der Waals surface area contributed by atoms with Crippen LogP contribution in [0.15, 0.2) is 29.3 Å². The molecule has 0 aromatic carbocycles. The number of hydrogen-bond acceptors (Lipinski definition) is 3. The summed E-state index contributed by atoms with van der Waals surface area (Å²) in [5.41, 5.74) is 1.49. The van der Waals surface area contributed by atoms with Gasteiger partial charge in [-0.3, -0.25) is 9.89 Å². The van der Waals surface area contributed by atoms with Gasteiger partial charge in [-0.05, 0) is 18.6 Å². The summed E-state index contributed by atoms with van der Waals surface area (Å²) in [5.74, 6) is 0.637. The molecule has 5 heteroatoms. The predicted octanol–water partition coefficient (Wildman–Crippen LogP) is 1.16. The maximum absolute atomic E-state index is 11.7. The van der Waals surface area contributed by atoms with Gasteiger partial charge in [0.1, 0.15) is 5.69 Å². The van der Waals surface area contributed by atoms with E-state index in [2.05, 4.69) is 15.5 Å². The van der Waals surface area contributed by atoms with Gasteiger partial charge in [-0.1, -0.05) is 0 Å². The Kier molecular flexibility index (Phi) is 2.29. The number of pyridine rings is 1. The second-order valence-corrected chi connectivity index (χ2v) is 3.43. The van der Waals surface area contributed by atoms with Crippen LogP contribution in [0.4, 0.5) is 11.5 Å². The van der Waals surface area contributed by atoms with Crippen molar-refractivity contribution in [1.29, 1.82) is 0 Å². The lowest BCUT2D eigenvalue weighted by Crippen LogP contribution is -2.19. The predicted molar refractivity (Wildman–Crippen MR) is 58.3 cm³/mol. The molecule has 0 atom stereocenters. The van der Waals surface area contributed by atoms with Gasteiger partial charge >= 0.3 is 0 Å². The van der Waals surface area contributed by atoms with Gasteiger partial charge < -0.3 is 9.88 Å². The molecular weight excluding hydrogens is 192 g/mol. The Morgan fingerprint density at radius 3 is 3.00 bits per heavy atom. The largest absolute Gasteiger partial charge is 0.334 e. The highest BCUT2D eigenvalue weighted by atomic mass is 16.1. The number of hydrogen-bond donors (Lipinski definition) is 2. The summed E-state index contributed by atoms with van der Waals surface area (Å²) < 4.78 is 1.55. The third-order valence-electron chi connectivity index (χ3n) is 2.08. The highest BCUT2D eigenvalue weighted by molar-refractivity contribution is 5.54. The molecule has 0 bridgehead atoms. The SMILES string of the molecule is Cc1cc(Nc2cc[nH]n2)c(=O)n(C)c1. The maximum Gasteiger partial charge on any atom is 0.274 e. The fourth-order valence-corrected chi connectivity index (χ4v) is 1.44. The molecule has 2 aromatic rings. The fourth-order valence-electron chi connectivity index (χ4n) is 1.44. The van der Waals surface area contributed by atoms with E-state index < -0.39 is 0 Å². The van der Waals surface area contributed by atoms with E-state index in [1.807, 2.05) is 6.92 Å². The van der Waals surface area contributed by atoms with Crippen molar-refractivity contribution in [2.75, 3.05) is 5.32 Å². The van der Waals surface area contributed by atoms with Crippen molar-refractivity contribution < 1.29 is 0 Å². The van der Waals surface area contributed by atoms with Crippen LogP contribution in [0.1, 0.15) is 5.56 Å². The Balaban J connectivity index is 2.41. The average molecular weight is 204 g/mol. The van der Waals surface area contributed by atoms with Crippen molar-refractivity contribution in [2.45, 2.75) is 6.92 Å². The number of aromatic amines is 1. The van der Waals surface area contributed by atoms with Crippen LogP contribution in [0.25, 0.3) is 0 Å². The third-order valence-corrected chi connectivity index (χ3v) is 2.08. The minimum absolute atomic E-state index is 0.0661. The van der Waals surface area contributed by atoms with Gasteiger partial charge in [-0.2, -0.15) is 5.10 Å². The first-order valence-corrected chi connectivity index (χ1v) is 4.61. The zero-order chi connectivity index (χ0) is 10.8. The molecule has 0 aliphatic carbocycles. The van der Waals surface area contributed by atoms with Crippen molar-refractivity contribution in [2.24, 2.45) is 7.05 Å². The van der Waals surface area contributed by atoms with Crippen molar-refractivity contribution in [3.8, 4) is 0 Å². The molecule has 2 N–H and O–H groups in total. The second-order valence-electron chi connectivity index (χ2n) is 3.43. The molecule has 0 aliphatic rings. The quantitative estimate of drug-likeness (QED) is 0.771. The van der Waals surface area contributed by atoms with Gasteiger partial charge in [0.2, 0.25) is 0 Å². The van der Waals surface area contributed by atoms with E-state index in [0.29, 0.717) is 11.5 Å². The number of aryl methyl sites for hydroxylation is 2. The van der Waals surface area contributed by atoms with E-state index in [-0.39, 0.29) is 5.56 Å². The van der Waals surface area contributed by atoms with Crippen molar-refractivity contribution >= 4 is 11.5 Å². The van der Waals surface area contributed by atoms with Gasteiger partial charge in [-0.15, -0.1) is 0 Å². The summed E-state index contributed by atoms with van der Waals surface area (Å²) in [6.07, 6.45) is 3.49. The van der Waals surface area contributed by atoms with Crippen molar-refractivity contribution in [3.05, 3.63) is 40.4 Å². The van der Waals surface area contributed by atoms with Crippen LogP contribution in [0.5, 0.6) is 0 Å². The van der Waals surface area contributed by atoms with Crippen LogP contribution in [0, 0.1) is 6.92 Å². The Bertz CT molecular complexity index is 513. The first-order valence-electron chi connectivity index (χ1n) is 4.61. The molecule has 0 fully saturated rings. The summed E-state index contributed by atoms with van der Waals surface area (Å²) in [7, 11) is 1.73. The normalized spacial score (nSPS) is 10.3. The monoisotopic (exact) mass is 204 g/mol. The topological polar surface area (TPSA) is 62.7 Å². The first-order chi connectivity index (χ1) is 7.16. The van der Waals surface area contributed by atoms with Gasteiger partial charge in [-0.25, -0.2) is 0 Å². The minimum Gasteiger partial charge on any atom is -0.334 e. The number of anilines is 2. The summed E-state index contributed by atoms with van der Waals surface area (Å²) in [6.45, 7) is 1.94. The van der Waals surface area contributed by atoms with Crippen LogP contribution < -0.4 is 10.9 Å². The Labute approximate surface area is 86.8 Å². The molecule has 0 spiro atoms. The van der Waals surface area contributed by atoms with Crippen LogP contribution in [0.3, 0.4) is 0 Å². The van der Waals surface area contributed by atoms with Crippen molar-refractivity contribution in [1.82, 2.24) is 14.8 Å². The molecule has 0 saturated carbocycles. The van der Waals surface area contributed by atoms with Gasteiger partial charge in [0.05, 0.1) is 0 Å². The lowest BCUT2D eigenvalue weighted by atomic mass is 10.3. The highest BCUT2D eigenvalue weighted by Crippen LogP contribution is 2.10. The van der Waals surface area contributed by atoms with E-state index in [1.165, 1.54) is 0 Å². The van der Waals surface area contributed by atoms with Gasteiger partial charge in [0.15, 0.2) is 5.82 Å². The van der Waals surface area contributed by atoms with Gasteiger partial charge in [0.25, 0.3) is 5.56 Å². The molecular formula is C10H12N4O. The van der Waals surface area contributed by atoms with Crippen LogP contribution in [-0.2, 0) is 7.05 Å². The number of nitrogens with one attached hydrogen (secondary N) is 2. The molecule has 0 amide bonds. The zero-order valence-electron chi connectivity index (χ0n) is 8.61. The smallest absolute Gasteiger partial charge is 0.274 e. The Morgan fingerprint density at radius 2 is 2.33 bits per heavy atom. The molecule has 0 saturated heterocycles. The Hall–Kier alpha value is -2.04. The molecule has 0 aliphatic heterocycles. The molecule has 2 heterocycles. The molecule has 2 aromatic heterocycles. The van der Waals surface area contributed by atoms with E-state index in [1.54, 1.807) is 36.1 Å². The third kappa shape index (κ3) is 1.90. The number of aromatic nitrogens is 3. The zero-order valence-corrected chi connectivity index (χ0v) is 8.61.